The molecule has 1 saturated heterocycles. The molecule has 5 nitrogen and oxygen atoms in total. The largest absolute Gasteiger partial charge is 0.496 e. The Labute approximate surface area is 160 Å². The van der Waals surface area contributed by atoms with Gasteiger partial charge in [0, 0.05) is 24.2 Å². The van der Waals surface area contributed by atoms with E-state index in [-0.39, 0.29) is 12.0 Å². The highest BCUT2D eigenvalue weighted by Crippen LogP contribution is 2.30. The lowest BCUT2D eigenvalue weighted by molar-refractivity contribution is -0.000393. The topological polar surface area (TPSA) is 48.0 Å². The SMILES string of the molecule is COc1cc(C(=O)N2CCC(OCc3ccccc3)CC2)cc(OC)c1C. The van der Waals surface area contributed by atoms with Gasteiger partial charge in [0.15, 0.2) is 0 Å². The highest BCUT2D eigenvalue weighted by atomic mass is 16.5. The smallest absolute Gasteiger partial charge is 0.254 e. The van der Waals surface area contributed by atoms with Crippen LogP contribution in [0.2, 0.25) is 0 Å². The normalized spacial score (nSPS) is 14.9. The highest BCUT2D eigenvalue weighted by Gasteiger charge is 2.25. The third kappa shape index (κ3) is 4.61. The molecule has 0 aromatic heterocycles. The number of carbonyl (C=O) groups excluding carboxylic acids is 1. The zero-order valence-corrected chi connectivity index (χ0v) is 16.2. The Hall–Kier alpha value is -2.53. The zero-order chi connectivity index (χ0) is 19.2. The summed E-state index contributed by atoms with van der Waals surface area (Å²) < 4.78 is 16.8. The number of methoxy groups -OCH3 is 2. The fourth-order valence-corrected chi connectivity index (χ4v) is 3.41. The molecule has 0 bridgehead atoms. The number of carbonyl (C=O) groups is 1. The third-order valence-corrected chi connectivity index (χ3v) is 5.06. The van der Waals surface area contributed by atoms with Gasteiger partial charge in [-0.1, -0.05) is 30.3 Å². The van der Waals surface area contributed by atoms with Crippen molar-refractivity contribution in [3.63, 3.8) is 0 Å². The van der Waals surface area contributed by atoms with Crippen LogP contribution >= 0.6 is 0 Å². The maximum absolute atomic E-state index is 12.9. The molecule has 1 fully saturated rings. The van der Waals surface area contributed by atoms with Crippen LogP contribution in [-0.2, 0) is 11.3 Å². The van der Waals surface area contributed by atoms with E-state index in [1.807, 2.05) is 30.0 Å². The molecule has 0 N–H and O–H groups in total. The van der Waals surface area contributed by atoms with E-state index in [0.717, 1.165) is 18.4 Å². The number of amides is 1. The number of likely N-dealkylation sites (tertiary alicyclic amines) is 1. The van der Waals surface area contributed by atoms with Gasteiger partial charge in [-0.3, -0.25) is 4.79 Å². The molecule has 5 heteroatoms. The van der Waals surface area contributed by atoms with Gasteiger partial charge >= 0.3 is 0 Å². The average Bonchev–Trinajstić information content (AvgIpc) is 2.73. The van der Waals surface area contributed by atoms with E-state index >= 15 is 0 Å². The molecule has 1 heterocycles. The summed E-state index contributed by atoms with van der Waals surface area (Å²) in [6.07, 6.45) is 1.88. The molecule has 0 radical (unpaired) electrons. The second-order valence-corrected chi connectivity index (χ2v) is 6.79. The Morgan fingerprint density at radius 2 is 1.63 bits per heavy atom. The van der Waals surface area contributed by atoms with Gasteiger partial charge in [0.2, 0.25) is 0 Å². The predicted octanol–water partition coefficient (Wildman–Crippen LogP) is 3.83. The number of rotatable bonds is 6. The van der Waals surface area contributed by atoms with Crippen LogP contribution in [0.25, 0.3) is 0 Å². The third-order valence-electron chi connectivity index (χ3n) is 5.06. The summed E-state index contributed by atoms with van der Waals surface area (Å²) in [5.74, 6) is 1.34. The Kier molecular flexibility index (Phi) is 6.35. The molecular weight excluding hydrogens is 342 g/mol. The van der Waals surface area contributed by atoms with Gasteiger partial charge in [-0.05, 0) is 37.5 Å². The Morgan fingerprint density at radius 1 is 1.04 bits per heavy atom. The molecule has 0 saturated carbocycles. The first kappa shape index (κ1) is 19.2. The van der Waals surface area contributed by atoms with Gasteiger partial charge in [-0.25, -0.2) is 0 Å². The maximum Gasteiger partial charge on any atom is 0.254 e. The predicted molar refractivity (Wildman–Crippen MR) is 104 cm³/mol. The second-order valence-electron chi connectivity index (χ2n) is 6.79. The number of piperidine rings is 1. The van der Waals surface area contributed by atoms with Crippen molar-refractivity contribution < 1.29 is 19.0 Å². The molecule has 2 aromatic rings. The molecule has 1 aliphatic heterocycles. The van der Waals surface area contributed by atoms with Crippen molar-refractivity contribution in [1.82, 2.24) is 4.90 Å². The van der Waals surface area contributed by atoms with E-state index in [9.17, 15) is 4.79 Å². The van der Waals surface area contributed by atoms with Crippen LogP contribution in [0.15, 0.2) is 42.5 Å². The number of nitrogens with zero attached hydrogens (tertiary/aromatic N) is 1. The summed E-state index contributed by atoms with van der Waals surface area (Å²) in [6.45, 7) is 3.92. The van der Waals surface area contributed by atoms with E-state index in [4.69, 9.17) is 14.2 Å². The van der Waals surface area contributed by atoms with Crippen molar-refractivity contribution in [3.05, 3.63) is 59.2 Å². The Balaban J connectivity index is 1.58. The lowest BCUT2D eigenvalue weighted by Gasteiger charge is -2.32. The van der Waals surface area contributed by atoms with Crippen molar-refractivity contribution in [2.24, 2.45) is 0 Å². The van der Waals surface area contributed by atoms with Crippen LogP contribution < -0.4 is 9.47 Å². The summed E-state index contributed by atoms with van der Waals surface area (Å²) in [5, 5.41) is 0. The minimum Gasteiger partial charge on any atom is -0.496 e. The lowest BCUT2D eigenvalue weighted by Crippen LogP contribution is -2.40. The summed E-state index contributed by atoms with van der Waals surface area (Å²) >= 11 is 0. The monoisotopic (exact) mass is 369 g/mol. The van der Waals surface area contributed by atoms with Gasteiger partial charge in [-0.15, -0.1) is 0 Å². The molecule has 144 valence electrons. The molecule has 1 amide bonds. The van der Waals surface area contributed by atoms with Crippen LogP contribution in [0, 0.1) is 6.92 Å². The van der Waals surface area contributed by atoms with E-state index in [1.54, 1.807) is 26.4 Å². The molecule has 27 heavy (non-hydrogen) atoms. The van der Waals surface area contributed by atoms with Gasteiger partial charge in [0.1, 0.15) is 11.5 Å². The first-order valence-electron chi connectivity index (χ1n) is 9.29. The minimum atomic E-state index is 0.00751. The highest BCUT2D eigenvalue weighted by molar-refractivity contribution is 5.95. The summed E-state index contributed by atoms with van der Waals surface area (Å²) in [4.78, 5) is 14.8. The van der Waals surface area contributed by atoms with Gasteiger partial charge < -0.3 is 19.1 Å². The van der Waals surface area contributed by atoms with Crippen LogP contribution in [-0.4, -0.2) is 44.2 Å². The maximum atomic E-state index is 12.9. The van der Waals surface area contributed by atoms with Gasteiger partial charge in [-0.2, -0.15) is 0 Å². The fraction of sp³-hybridized carbons (Fsp3) is 0.409. The van der Waals surface area contributed by atoms with E-state index in [1.165, 1.54) is 5.56 Å². The van der Waals surface area contributed by atoms with E-state index in [2.05, 4.69) is 12.1 Å². The molecule has 1 aliphatic rings. The molecule has 0 aliphatic carbocycles. The molecule has 2 aromatic carbocycles. The van der Waals surface area contributed by atoms with E-state index < -0.39 is 0 Å². The molecule has 0 atom stereocenters. The number of hydrogen-bond donors (Lipinski definition) is 0. The summed E-state index contributed by atoms with van der Waals surface area (Å²) in [5.41, 5.74) is 2.66. The van der Waals surface area contributed by atoms with Crippen molar-refractivity contribution in [3.8, 4) is 11.5 Å². The lowest BCUT2D eigenvalue weighted by atomic mass is 10.0. The Morgan fingerprint density at radius 3 is 2.19 bits per heavy atom. The number of ether oxygens (including phenoxy) is 3. The van der Waals surface area contributed by atoms with Crippen LogP contribution in [0.5, 0.6) is 11.5 Å². The van der Waals surface area contributed by atoms with Gasteiger partial charge in [0.25, 0.3) is 5.91 Å². The van der Waals surface area contributed by atoms with Crippen molar-refractivity contribution in [1.29, 1.82) is 0 Å². The quantitative estimate of drug-likeness (QED) is 0.776. The van der Waals surface area contributed by atoms with Gasteiger partial charge in [0.05, 0.1) is 26.9 Å². The standard InChI is InChI=1S/C22H27NO4/c1-16-20(25-2)13-18(14-21(16)26-3)22(24)23-11-9-19(10-12-23)27-15-17-7-5-4-6-8-17/h4-8,13-14,19H,9-12,15H2,1-3H3. The average molecular weight is 369 g/mol. The fourth-order valence-electron chi connectivity index (χ4n) is 3.41. The second kappa shape index (κ2) is 8.91. The van der Waals surface area contributed by atoms with Crippen LogP contribution in [0.3, 0.4) is 0 Å². The zero-order valence-electron chi connectivity index (χ0n) is 16.2. The first-order chi connectivity index (χ1) is 13.1. The molecule has 0 unspecified atom stereocenters. The Bertz CT molecular complexity index is 742. The minimum absolute atomic E-state index is 0.00751. The summed E-state index contributed by atoms with van der Waals surface area (Å²) in [7, 11) is 3.21. The molecule has 3 rings (SSSR count). The molecule has 0 spiro atoms. The first-order valence-corrected chi connectivity index (χ1v) is 9.29. The van der Waals surface area contributed by atoms with Crippen LogP contribution in [0.1, 0.15) is 34.3 Å². The van der Waals surface area contributed by atoms with Crippen LogP contribution in [0.4, 0.5) is 0 Å². The molecular formula is C22H27NO4. The number of benzene rings is 2. The number of hydrogen-bond acceptors (Lipinski definition) is 4. The van der Waals surface area contributed by atoms with E-state index in [0.29, 0.717) is 36.8 Å². The van der Waals surface area contributed by atoms with Crippen molar-refractivity contribution in [2.45, 2.75) is 32.5 Å². The summed E-state index contributed by atoms with van der Waals surface area (Å²) in [6, 6.07) is 13.8. The van der Waals surface area contributed by atoms with Crippen molar-refractivity contribution >= 4 is 5.91 Å². The van der Waals surface area contributed by atoms with Crippen molar-refractivity contribution in [2.75, 3.05) is 27.3 Å².